The second-order valence-corrected chi connectivity index (χ2v) is 7.56. The smallest absolute Gasteiger partial charge is 0.329 e. The Morgan fingerprint density at radius 2 is 1.95 bits per heavy atom. The fraction of sp³-hybridized carbons (Fsp3) is 0.588. The van der Waals surface area contributed by atoms with Crippen LogP contribution < -0.4 is 5.32 Å². The molecule has 0 aliphatic heterocycles. The molecule has 2 N–H and O–H groups in total. The Morgan fingerprint density at radius 3 is 2.48 bits per heavy atom. The van der Waals surface area contributed by atoms with Gasteiger partial charge in [-0.1, -0.05) is 43.1 Å². The quantitative estimate of drug-likeness (QED) is 0.818. The first kappa shape index (κ1) is 16.3. The van der Waals surface area contributed by atoms with E-state index in [1.807, 2.05) is 24.3 Å². The Labute approximate surface area is 135 Å². The molecular formula is C17H24BrNO2. The normalized spacial score (nSPS) is 29.4. The molecule has 0 heterocycles. The second-order valence-electron chi connectivity index (χ2n) is 6.65. The highest BCUT2D eigenvalue weighted by Gasteiger charge is 2.50. The molecule has 1 saturated carbocycles. The maximum atomic E-state index is 12.1. The van der Waals surface area contributed by atoms with Crippen molar-refractivity contribution >= 4 is 27.6 Å². The Hall–Kier alpha value is -1.03. The number of anilines is 1. The molecule has 0 bridgehead atoms. The zero-order valence-electron chi connectivity index (χ0n) is 12.9. The van der Waals surface area contributed by atoms with Crippen LogP contribution in [0.15, 0.2) is 28.7 Å². The summed E-state index contributed by atoms with van der Waals surface area (Å²) < 4.78 is 0.995. The molecule has 116 valence electrons. The van der Waals surface area contributed by atoms with Crippen LogP contribution in [0.2, 0.25) is 0 Å². The van der Waals surface area contributed by atoms with Gasteiger partial charge in [0.1, 0.15) is 5.54 Å². The lowest BCUT2D eigenvalue weighted by atomic mass is 9.64. The van der Waals surface area contributed by atoms with E-state index in [1.54, 1.807) is 0 Å². The molecule has 1 aliphatic carbocycles. The SMILES string of the molecule is CC1CCC(C(C)C)C(Nc2ccc(Br)cc2)(C(=O)O)C1. The fourth-order valence-corrected chi connectivity index (χ4v) is 3.91. The minimum absolute atomic E-state index is 0.148. The van der Waals surface area contributed by atoms with Gasteiger partial charge in [0.25, 0.3) is 0 Å². The number of nitrogens with one attached hydrogen (secondary N) is 1. The Kier molecular flexibility index (Phi) is 4.97. The highest BCUT2D eigenvalue weighted by atomic mass is 79.9. The third kappa shape index (κ3) is 3.42. The van der Waals surface area contributed by atoms with Crippen molar-refractivity contribution in [3.05, 3.63) is 28.7 Å². The summed E-state index contributed by atoms with van der Waals surface area (Å²) in [7, 11) is 0. The molecule has 1 aromatic rings. The van der Waals surface area contributed by atoms with Gasteiger partial charge >= 0.3 is 5.97 Å². The van der Waals surface area contributed by atoms with E-state index in [0.717, 1.165) is 23.0 Å². The topological polar surface area (TPSA) is 49.3 Å². The summed E-state index contributed by atoms with van der Waals surface area (Å²) in [6, 6.07) is 7.75. The number of rotatable bonds is 4. The van der Waals surface area contributed by atoms with Crippen LogP contribution in [0.5, 0.6) is 0 Å². The lowest BCUT2D eigenvalue weighted by Crippen LogP contribution is -2.57. The second kappa shape index (κ2) is 6.39. The molecule has 1 aliphatic rings. The summed E-state index contributed by atoms with van der Waals surface area (Å²) in [5.74, 6) is 0.195. The number of hydrogen-bond acceptors (Lipinski definition) is 2. The van der Waals surface area contributed by atoms with E-state index >= 15 is 0 Å². The molecule has 0 amide bonds. The first-order chi connectivity index (χ1) is 9.85. The van der Waals surface area contributed by atoms with E-state index in [9.17, 15) is 9.90 Å². The van der Waals surface area contributed by atoms with Gasteiger partial charge in [0.2, 0.25) is 0 Å². The van der Waals surface area contributed by atoms with Crippen LogP contribution in [-0.4, -0.2) is 16.6 Å². The van der Waals surface area contributed by atoms with E-state index < -0.39 is 11.5 Å². The standard InChI is InChI=1S/C17H24BrNO2/c1-11(2)15-9-4-12(3)10-17(15,16(20)21)19-14-7-5-13(18)6-8-14/h5-8,11-12,15,19H,4,9-10H2,1-3H3,(H,20,21). The van der Waals surface area contributed by atoms with Crippen molar-refractivity contribution < 1.29 is 9.90 Å². The zero-order chi connectivity index (χ0) is 15.6. The van der Waals surface area contributed by atoms with Crippen LogP contribution in [0.25, 0.3) is 0 Å². The lowest BCUT2D eigenvalue weighted by Gasteiger charge is -2.46. The minimum Gasteiger partial charge on any atom is -0.479 e. The molecule has 3 unspecified atom stereocenters. The van der Waals surface area contributed by atoms with Crippen LogP contribution in [0.3, 0.4) is 0 Å². The lowest BCUT2D eigenvalue weighted by molar-refractivity contribution is -0.147. The third-order valence-corrected chi connectivity index (χ3v) is 5.20. The molecular weight excluding hydrogens is 330 g/mol. The van der Waals surface area contributed by atoms with E-state index in [4.69, 9.17) is 0 Å². The summed E-state index contributed by atoms with van der Waals surface area (Å²) in [4.78, 5) is 12.1. The molecule has 0 spiro atoms. The van der Waals surface area contributed by atoms with Crippen LogP contribution in [0.1, 0.15) is 40.0 Å². The van der Waals surface area contributed by atoms with Crippen molar-refractivity contribution in [2.45, 2.75) is 45.6 Å². The highest BCUT2D eigenvalue weighted by Crippen LogP contribution is 2.43. The summed E-state index contributed by atoms with van der Waals surface area (Å²) in [5, 5.41) is 13.3. The predicted octanol–water partition coefficient (Wildman–Crippen LogP) is 4.78. The van der Waals surface area contributed by atoms with E-state index in [0.29, 0.717) is 18.3 Å². The molecule has 0 radical (unpaired) electrons. The summed E-state index contributed by atoms with van der Waals surface area (Å²) in [6.45, 7) is 6.40. The van der Waals surface area contributed by atoms with Gasteiger partial charge in [0.15, 0.2) is 0 Å². The van der Waals surface area contributed by atoms with Gasteiger partial charge < -0.3 is 10.4 Å². The number of aliphatic carboxylic acids is 1. The number of carboxylic acid groups (broad SMARTS) is 1. The Balaban J connectivity index is 2.36. The van der Waals surface area contributed by atoms with E-state index in [-0.39, 0.29) is 5.92 Å². The zero-order valence-corrected chi connectivity index (χ0v) is 14.5. The molecule has 2 rings (SSSR count). The number of halogens is 1. The highest BCUT2D eigenvalue weighted by molar-refractivity contribution is 9.10. The summed E-state index contributed by atoms with van der Waals surface area (Å²) in [5.41, 5.74) is 0.0139. The number of hydrogen-bond donors (Lipinski definition) is 2. The number of carbonyl (C=O) groups is 1. The minimum atomic E-state index is -0.861. The maximum absolute atomic E-state index is 12.1. The third-order valence-electron chi connectivity index (χ3n) is 4.67. The molecule has 3 nitrogen and oxygen atoms in total. The maximum Gasteiger partial charge on any atom is 0.329 e. The monoisotopic (exact) mass is 353 g/mol. The van der Waals surface area contributed by atoms with Gasteiger partial charge in [-0.3, -0.25) is 0 Å². The van der Waals surface area contributed by atoms with Crippen molar-refractivity contribution in [3.63, 3.8) is 0 Å². The van der Waals surface area contributed by atoms with Crippen LogP contribution in [-0.2, 0) is 4.79 Å². The largest absolute Gasteiger partial charge is 0.479 e. The predicted molar refractivity (Wildman–Crippen MR) is 89.5 cm³/mol. The van der Waals surface area contributed by atoms with E-state index in [1.165, 1.54) is 0 Å². The number of benzene rings is 1. The van der Waals surface area contributed by atoms with Crippen molar-refractivity contribution in [1.82, 2.24) is 0 Å². The van der Waals surface area contributed by atoms with Gasteiger partial charge in [-0.05, 0) is 54.9 Å². The van der Waals surface area contributed by atoms with Gasteiger partial charge in [0, 0.05) is 10.2 Å². The van der Waals surface area contributed by atoms with Crippen LogP contribution >= 0.6 is 15.9 Å². The summed E-state index contributed by atoms with van der Waals surface area (Å²) in [6.07, 6.45) is 2.76. The molecule has 0 aromatic heterocycles. The average molecular weight is 354 g/mol. The van der Waals surface area contributed by atoms with E-state index in [2.05, 4.69) is 42.0 Å². The number of carboxylic acids is 1. The Morgan fingerprint density at radius 1 is 1.33 bits per heavy atom. The van der Waals surface area contributed by atoms with Gasteiger partial charge in [-0.25, -0.2) is 4.79 Å². The fourth-order valence-electron chi connectivity index (χ4n) is 3.65. The van der Waals surface area contributed by atoms with Crippen molar-refractivity contribution in [1.29, 1.82) is 0 Å². The molecule has 1 fully saturated rings. The molecule has 21 heavy (non-hydrogen) atoms. The van der Waals surface area contributed by atoms with Crippen LogP contribution in [0, 0.1) is 17.8 Å². The Bertz CT molecular complexity index is 500. The molecule has 1 aromatic carbocycles. The molecule has 3 atom stereocenters. The van der Waals surface area contributed by atoms with Crippen LogP contribution in [0.4, 0.5) is 5.69 Å². The van der Waals surface area contributed by atoms with Gasteiger partial charge in [-0.15, -0.1) is 0 Å². The summed E-state index contributed by atoms with van der Waals surface area (Å²) >= 11 is 3.41. The molecule has 0 saturated heterocycles. The first-order valence-corrected chi connectivity index (χ1v) is 8.41. The first-order valence-electron chi connectivity index (χ1n) is 7.62. The van der Waals surface area contributed by atoms with Crippen molar-refractivity contribution in [2.75, 3.05) is 5.32 Å². The molecule has 4 heteroatoms. The average Bonchev–Trinajstić information content (AvgIpc) is 2.41. The van der Waals surface area contributed by atoms with Gasteiger partial charge in [0.05, 0.1) is 0 Å². The van der Waals surface area contributed by atoms with Gasteiger partial charge in [-0.2, -0.15) is 0 Å². The van der Waals surface area contributed by atoms with Crippen molar-refractivity contribution in [3.8, 4) is 0 Å². The van der Waals surface area contributed by atoms with Crippen molar-refractivity contribution in [2.24, 2.45) is 17.8 Å².